The summed E-state index contributed by atoms with van der Waals surface area (Å²) >= 11 is 0. The summed E-state index contributed by atoms with van der Waals surface area (Å²) < 4.78 is 19.5. The van der Waals surface area contributed by atoms with Crippen LogP contribution in [-0.4, -0.2) is 82.7 Å². The zero-order valence-corrected chi connectivity index (χ0v) is 23.6. The fraction of sp³-hybridized carbons (Fsp3) is 0.467. The van der Waals surface area contributed by atoms with Gasteiger partial charge in [-0.2, -0.15) is 5.10 Å². The van der Waals surface area contributed by atoms with Crippen molar-refractivity contribution in [3.63, 3.8) is 0 Å². The summed E-state index contributed by atoms with van der Waals surface area (Å²) in [4.78, 5) is 16.1. The average molecular weight is 537 g/mol. The number of nitrogens with zero attached hydrogens (tertiary/aromatic N) is 4. The Kier molecular flexibility index (Phi) is 9.14. The number of aryl methyl sites for hydroxylation is 3. The first-order valence-electron chi connectivity index (χ1n) is 13.3. The summed E-state index contributed by atoms with van der Waals surface area (Å²) in [6.45, 7) is 11.2. The molecule has 39 heavy (non-hydrogen) atoms. The maximum absolute atomic E-state index is 12.3. The molecule has 3 aromatic rings. The summed E-state index contributed by atoms with van der Waals surface area (Å²) in [5, 5.41) is 15.9. The Morgan fingerprint density at radius 1 is 1.03 bits per heavy atom. The van der Waals surface area contributed by atoms with Crippen molar-refractivity contribution < 1.29 is 24.1 Å². The Balaban J connectivity index is 1.42. The van der Waals surface area contributed by atoms with Gasteiger partial charge in [-0.1, -0.05) is 12.1 Å². The number of rotatable bonds is 10. The number of amides is 1. The largest absolute Gasteiger partial charge is 0.493 e. The van der Waals surface area contributed by atoms with E-state index in [0.717, 1.165) is 16.7 Å². The van der Waals surface area contributed by atoms with Crippen molar-refractivity contribution in [1.82, 2.24) is 19.6 Å². The molecule has 1 N–H and O–H groups in total. The maximum atomic E-state index is 12.3. The molecule has 0 bridgehead atoms. The minimum atomic E-state index is -1.22. The topological polar surface area (TPSA) is 89.3 Å². The standard InChI is InChI=1S/C30H40N4O5/c1-22-16-31-34(17-22)12-13-38-28-9-7-26(15-29(28)37-5)18-32-10-11-33(25(4)35)20-30(36,19-32)21-39-27-8-6-23(2)24(3)14-27/h6-9,14-17,36H,10-13,18-21H2,1-5H3/t30-/m1/s1. The van der Waals surface area contributed by atoms with Crippen molar-refractivity contribution in [3.8, 4) is 17.2 Å². The first kappa shape index (κ1) is 28.4. The van der Waals surface area contributed by atoms with E-state index in [1.54, 1.807) is 12.0 Å². The first-order valence-corrected chi connectivity index (χ1v) is 13.3. The van der Waals surface area contributed by atoms with Gasteiger partial charge in [0.2, 0.25) is 5.91 Å². The van der Waals surface area contributed by atoms with Gasteiger partial charge >= 0.3 is 0 Å². The van der Waals surface area contributed by atoms with Gasteiger partial charge < -0.3 is 24.2 Å². The van der Waals surface area contributed by atoms with Gasteiger partial charge in [-0.15, -0.1) is 0 Å². The number of aromatic nitrogens is 2. The van der Waals surface area contributed by atoms with E-state index in [2.05, 4.69) is 16.9 Å². The Hall–Kier alpha value is -3.56. The summed E-state index contributed by atoms with van der Waals surface area (Å²) in [7, 11) is 1.63. The highest BCUT2D eigenvalue weighted by molar-refractivity contribution is 5.73. The van der Waals surface area contributed by atoms with Crippen LogP contribution >= 0.6 is 0 Å². The molecule has 1 aliphatic heterocycles. The van der Waals surface area contributed by atoms with Crippen molar-refractivity contribution in [2.75, 3.05) is 46.5 Å². The van der Waals surface area contributed by atoms with Gasteiger partial charge in [0, 0.05) is 39.3 Å². The van der Waals surface area contributed by atoms with Gasteiger partial charge in [0.05, 0.1) is 26.4 Å². The van der Waals surface area contributed by atoms with Crippen LogP contribution in [0.3, 0.4) is 0 Å². The van der Waals surface area contributed by atoms with Crippen LogP contribution in [-0.2, 0) is 17.9 Å². The molecule has 1 fully saturated rings. The third-order valence-electron chi connectivity index (χ3n) is 7.09. The van der Waals surface area contributed by atoms with E-state index < -0.39 is 5.60 Å². The number of benzene rings is 2. The third kappa shape index (κ3) is 7.74. The lowest BCUT2D eigenvalue weighted by atomic mass is 10.0. The van der Waals surface area contributed by atoms with Crippen LogP contribution in [0.4, 0.5) is 0 Å². The minimum Gasteiger partial charge on any atom is -0.493 e. The van der Waals surface area contributed by atoms with Crippen molar-refractivity contribution in [2.45, 2.75) is 46.4 Å². The molecule has 4 rings (SSSR count). The van der Waals surface area contributed by atoms with Crippen molar-refractivity contribution >= 4 is 5.91 Å². The van der Waals surface area contributed by atoms with Gasteiger partial charge in [-0.25, -0.2) is 0 Å². The van der Waals surface area contributed by atoms with Crippen LogP contribution in [0.5, 0.6) is 17.2 Å². The lowest BCUT2D eigenvalue weighted by molar-refractivity contribution is -0.132. The summed E-state index contributed by atoms with van der Waals surface area (Å²) in [5.74, 6) is 1.97. The number of hydrogen-bond acceptors (Lipinski definition) is 7. The quantitative estimate of drug-likeness (QED) is 0.425. The molecule has 1 amide bonds. The molecule has 1 aliphatic rings. The number of β-amino-alcohol motifs (C(OH)–C–C–N with tert-alkyl or cyclic N) is 1. The number of methoxy groups -OCH3 is 1. The van der Waals surface area contributed by atoms with Crippen LogP contribution in [0.1, 0.15) is 29.2 Å². The van der Waals surface area contributed by atoms with Gasteiger partial charge in [-0.3, -0.25) is 14.4 Å². The summed E-state index contributed by atoms with van der Waals surface area (Å²) in [6.07, 6.45) is 3.80. The van der Waals surface area contributed by atoms with E-state index in [4.69, 9.17) is 14.2 Å². The van der Waals surface area contributed by atoms with E-state index in [1.807, 2.05) is 67.3 Å². The second-order valence-electron chi connectivity index (χ2n) is 10.5. The average Bonchev–Trinajstić information content (AvgIpc) is 3.24. The first-order chi connectivity index (χ1) is 18.6. The summed E-state index contributed by atoms with van der Waals surface area (Å²) in [6, 6.07) is 11.8. The van der Waals surface area contributed by atoms with E-state index in [-0.39, 0.29) is 19.1 Å². The Morgan fingerprint density at radius 2 is 1.85 bits per heavy atom. The maximum Gasteiger partial charge on any atom is 0.219 e. The van der Waals surface area contributed by atoms with Crippen LogP contribution in [0, 0.1) is 20.8 Å². The molecule has 0 aliphatic carbocycles. The zero-order chi connectivity index (χ0) is 28.0. The molecule has 1 aromatic heterocycles. The molecule has 9 nitrogen and oxygen atoms in total. The predicted octanol–water partition coefficient (Wildman–Crippen LogP) is 3.37. The third-order valence-corrected chi connectivity index (χ3v) is 7.09. The predicted molar refractivity (Wildman–Crippen MR) is 149 cm³/mol. The lowest BCUT2D eigenvalue weighted by Gasteiger charge is -2.33. The monoisotopic (exact) mass is 536 g/mol. The summed E-state index contributed by atoms with van der Waals surface area (Å²) in [5.41, 5.74) is 3.23. The van der Waals surface area contributed by atoms with E-state index >= 15 is 0 Å². The zero-order valence-electron chi connectivity index (χ0n) is 23.6. The molecular weight excluding hydrogens is 496 g/mol. The second kappa shape index (κ2) is 12.5. The van der Waals surface area contributed by atoms with Gasteiger partial charge in [0.15, 0.2) is 11.5 Å². The van der Waals surface area contributed by atoms with Gasteiger partial charge in [0.25, 0.3) is 0 Å². The fourth-order valence-corrected chi connectivity index (χ4v) is 4.78. The molecule has 210 valence electrons. The number of carbonyl (C=O) groups excluding carboxylic acids is 1. The lowest BCUT2D eigenvalue weighted by Crippen LogP contribution is -2.51. The second-order valence-corrected chi connectivity index (χ2v) is 10.5. The Labute approximate surface area is 230 Å². The van der Waals surface area contributed by atoms with Crippen LogP contribution in [0.15, 0.2) is 48.8 Å². The minimum absolute atomic E-state index is 0.0603. The van der Waals surface area contributed by atoms with E-state index in [0.29, 0.717) is 56.6 Å². The Morgan fingerprint density at radius 3 is 2.54 bits per heavy atom. The van der Waals surface area contributed by atoms with Gasteiger partial charge in [0.1, 0.15) is 24.6 Å². The van der Waals surface area contributed by atoms with Crippen LogP contribution in [0.2, 0.25) is 0 Å². The van der Waals surface area contributed by atoms with E-state index in [9.17, 15) is 9.90 Å². The molecule has 0 spiro atoms. The van der Waals surface area contributed by atoms with Crippen molar-refractivity contribution in [3.05, 3.63) is 71.0 Å². The highest BCUT2D eigenvalue weighted by Gasteiger charge is 2.37. The molecule has 1 atom stereocenters. The molecule has 0 radical (unpaired) electrons. The highest BCUT2D eigenvalue weighted by atomic mass is 16.5. The highest BCUT2D eigenvalue weighted by Crippen LogP contribution is 2.29. The number of hydrogen-bond donors (Lipinski definition) is 1. The van der Waals surface area contributed by atoms with Crippen molar-refractivity contribution in [1.29, 1.82) is 0 Å². The molecule has 1 saturated heterocycles. The molecule has 9 heteroatoms. The van der Waals surface area contributed by atoms with Gasteiger partial charge in [-0.05, 0) is 67.3 Å². The van der Waals surface area contributed by atoms with E-state index in [1.165, 1.54) is 12.5 Å². The molecule has 0 saturated carbocycles. The normalized spacial score (nSPS) is 18.1. The fourth-order valence-electron chi connectivity index (χ4n) is 4.78. The van der Waals surface area contributed by atoms with Crippen molar-refractivity contribution in [2.24, 2.45) is 0 Å². The molecule has 2 aromatic carbocycles. The Bertz CT molecular complexity index is 1280. The molecule has 2 heterocycles. The smallest absolute Gasteiger partial charge is 0.219 e. The van der Waals surface area contributed by atoms with Crippen LogP contribution < -0.4 is 14.2 Å². The molecular formula is C30H40N4O5. The SMILES string of the molecule is COc1cc(CN2CCN(C(C)=O)C[C@@](O)(COc3ccc(C)c(C)c3)C2)ccc1OCCn1cc(C)cn1. The number of carbonyl (C=O) groups is 1. The number of ether oxygens (including phenoxy) is 3. The molecule has 0 unspecified atom stereocenters. The number of aliphatic hydroxyl groups is 1. The van der Waals surface area contributed by atoms with Crippen LogP contribution in [0.25, 0.3) is 0 Å².